The summed E-state index contributed by atoms with van der Waals surface area (Å²) in [4.78, 5) is 0. The quantitative estimate of drug-likeness (QED) is 0.485. The molecule has 2 heteroatoms. The summed E-state index contributed by atoms with van der Waals surface area (Å²) in [7, 11) is 0. The van der Waals surface area contributed by atoms with Crippen molar-refractivity contribution >= 4 is 0 Å². The molecule has 2 N–H and O–H groups in total. The van der Waals surface area contributed by atoms with Crippen LogP contribution in [0.15, 0.2) is 35.5 Å². The lowest BCUT2D eigenvalue weighted by Crippen LogP contribution is -2.36. The number of rotatable bonds is 6. The van der Waals surface area contributed by atoms with Gasteiger partial charge in [-0.1, -0.05) is 56.6 Å². The fourth-order valence-corrected chi connectivity index (χ4v) is 6.63. The van der Waals surface area contributed by atoms with Crippen molar-refractivity contribution in [3.05, 3.63) is 35.5 Å². The van der Waals surface area contributed by atoms with Crippen molar-refractivity contribution in [2.45, 2.75) is 110 Å². The predicted octanol–water partition coefficient (Wildman–Crippen LogP) is 6.73. The summed E-state index contributed by atoms with van der Waals surface area (Å²) < 4.78 is 0. The first kappa shape index (κ1) is 22.8. The summed E-state index contributed by atoms with van der Waals surface area (Å²) in [6.07, 6.45) is 17.1. The number of aliphatic hydroxyl groups is 2. The van der Waals surface area contributed by atoms with Crippen LogP contribution in [0.25, 0.3) is 0 Å². The third-order valence-corrected chi connectivity index (χ3v) is 8.40. The van der Waals surface area contributed by atoms with E-state index in [0.717, 1.165) is 55.4 Å². The Morgan fingerprint density at radius 1 is 1.21 bits per heavy atom. The fourth-order valence-electron chi connectivity index (χ4n) is 6.63. The first-order chi connectivity index (χ1) is 13.6. The van der Waals surface area contributed by atoms with Gasteiger partial charge in [-0.3, -0.25) is 0 Å². The first-order valence-electron chi connectivity index (χ1n) is 12.1. The van der Waals surface area contributed by atoms with Crippen molar-refractivity contribution in [1.82, 2.24) is 0 Å². The average molecular weight is 401 g/mol. The van der Waals surface area contributed by atoms with E-state index in [0.29, 0.717) is 5.41 Å². The fraction of sp³-hybridized carbons (Fsp3) is 0.778. The van der Waals surface area contributed by atoms with Gasteiger partial charge in [0.25, 0.3) is 0 Å². The molecule has 3 fully saturated rings. The molecule has 2 nitrogen and oxygen atoms in total. The molecule has 4 unspecified atom stereocenters. The smallest absolute Gasteiger partial charge is 0.0784 e. The Hall–Kier alpha value is -0.860. The minimum Gasteiger partial charge on any atom is -0.390 e. The molecule has 0 saturated heterocycles. The highest BCUT2D eigenvalue weighted by molar-refractivity contribution is 5.28. The summed E-state index contributed by atoms with van der Waals surface area (Å²) in [6, 6.07) is 0. The molecule has 0 aromatic heterocycles. The van der Waals surface area contributed by atoms with Gasteiger partial charge in [0.1, 0.15) is 0 Å². The Balaban J connectivity index is 1.65. The summed E-state index contributed by atoms with van der Waals surface area (Å²) >= 11 is 0. The van der Waals surface area contributed by atoms with Crippen LogP contribution in [-0.2, 0) is 0 Å². The zero-order valence-corrected chi connectivity index (χ0v) is 19.3. The van der Waals surface area contributed by atoms with E-state index in [4.69, 9.17) is 0 Å². The molecule has 0 heterocycles. The average Bonchev–Trinajstić information content (AvgIpc) is 2.99. The predicted molar refractivity (Wildman–Crippen MR) is 123 cm³/mol. The Bertz CT molecular complexity index is 650. The number of allylic oxidation sites excluding steroid dienone is 3. The van der Waals surface area contributed by atoms with E-state index in [1.54, 1.807) is 5.57 Å². The van der Waals surface area contributed by atoms with Crippen molar-refractivity contribution < 1.29 is 10.2 Å². The first-order valence-corrected chi connectivity index (χ1v) is 12.1. The van der Waals surface area contributed by atoms with Gasteiger partial charge < -0.3 is 10.2 Å². The summed E-state index contributed by atoms with van der Waals surface area (Å²) in [5.74, 6) is 2.29. The highest BCUT2D eigenvalue weighted by atomic mass is 16.3. The van der Waals surface area contributed by atoms with Crippen LogP contribution in [0, 0.1) is 23.2 Å². The van der Waals surface area contributed by atoms with E-state index in [1.165, 1.54) is 44.1 Å². The van der Waals surface area contributed by atoms with Gasteiger partial charge in [0.2, 0.25) is 0 Å². The molecular formula is C27H44O2. The molecule has 0 aromatic rings. The van der Waals surface area contributed by atoms with Gasteiger partial charge in [-0.25, -0.2) is 0 Å². The second kappa shape index (κ2) is 9.10. The Morgan fingerprint density at radius 3 is 2.66 bits per heavy atom. The van der Waals surface area contributed by atoms with Crippen LogP contribution in [-0.4, -0.2) is 21.9 Å². The summed E-state index contributed by atoms with van der Waals surface area (Å²) in [5.41, 5.74) is 3.96. The molecule has 3 aliphatic carbocycles. The van der Waals surface area contributed by atoms with Crippen molar-refractivity contribution in [1.29, 1.82) is 0 Å². The second-order valence-corrected chi connectivity index (χ2v) is 11.2. The van der Waals surface area contributed by atoms with Gasteiger partial charge >= 0.3 is 0 Å². The van der Waals surface area contributed by atoms with Crippen LogP contribution in [0.4, 0.5) is 0 Å². The molecule has 0 radical (unpaired) electrons. The van der Waals surface area contributed by atoms with E-state index in [-0.39, 0.29) is 6.10 Å². The third-order valence-electron chi connectivity index (χ3n) is 8.40. The molecule has 164 valence electrons. The second-order valence-electron chi connectivity index (χ2n) is 11.2. The molecule has 3 rings (SSSR count). The van der Waals surface area contributed by atoms with Crippen LogP contribution in [0.5, 0.6) is 0 Å². The van der Waals surface area contributed by atoms with E-state index < -0.39 is 5.60 Å². The lowest BCUT2D eigenvalue weighted by molar-refractivity contribution is 0.0596. The SMILES string of the molecule is C=C1CC/C(=C/C=C2\CCCC3(C)C2CCC3[C@H](C)CCCC(C)(C)O)CC1O. The monoisotopic (exact) mass is 400 g/mol. The van der Waals surface area contributed by atoms with Gasteiger partial charge in [-0.15, -0.1) is 0 Å². The van der Waals surface area contributed by atoms with Crippen molar-refractivity contribution in [3.63, 3.8) is 0 Å². The van der Waals surface area contributed by atoms with E-state index in [2.05, 4.69) is 32.6 Å². The molecule has 5 atom stereocenters. The van der Waals surface area contributed by atoms with Crippen LogP contribution in [0.3, 0.4) is 0 Å². The Morgan fingerprint density at radius 2 is 1.97 bits per heavy atom. The zero-order valence-electron chi connectivity index (χ0n) is 19.3. The van der Waals surface area contributed by atoms with Crippen LogP contribution < -0.4 is 0 Å². The molecule has 3 saturated carbocycles. The number of fused-ring (bicyclic) bond motifs is 1. The number of hydrogen-bond acceptors (Lipinski definition) is 2. The maximum Gasteiger partial charge on any atom is 0.0784 e. The molecule has 0 bridgehead atoms. The van der Waals surface area contributed by atoms with E-state index >= 15 is 0 Å². The van der Waals surface area contributed by atoms with Gasteiger partial charge in [-0.2, -0.15) is 0 Å². The maximum atomic E-state index is 10.1. The van der Waals surface area contributed by atoms with Crippen LogP contribution >= 0.6 is 0 Å². The highest BCUT2D eigenvalue weighted by Crippen LogP contribution is 2.59. The number of hydrogen-bond donors (Lipinski definition) is 2. The van der Waals surface area contributed by atoms with Gasteiger partial charge in [0.05, 0.1) is 11.7 Å². The van der Waals surface area contributed by atoms with Gasteiger partial charge in [0, 0.05) is 0 Å². The molecular weight excluding hydrogens is 356 g/mol. The topological polar surface area (TPSA) is 40.5 Å². The van der Waals surface area contributed by atoms with Gasteiger partial charge in [-0.05, 0) is 100 Å². The largest absolute Gasteiger partial charge is 0.390 e. The standard InChI is InChI=1S/C27H44O2/c1-19(8-6-16-26(3,4)29)23-14-15-24-22(9-7-17-27(23,24)5)13-12-21-11-10-20(2)25(28)18-21/h12-13,19,23-25,28-29H,2,6-11,14-18H2,1,3-5H3/b21-12-,22-13+/t19-,23?,24?,25?,27?/m1/s1. The van der Waals surface area contributed by atoms with Crippen molar-refractivity contribution in [2.75, 3.05) is 0 Å². The molecule has 0 aromatic carbocycles. The molecule has 29 heavy (non-hydrogen) atoms. The minimum absolute atomic E-state index is 0.342. The Kier molecular flexibility index (Phi) is 7.16. The summed E-state index contributed by atoms with van der Waals surface area (Å²) in [5, 5.41) is 20.1. The highest BCUT2D eigenvalue weighted by Gasteiger charge is 2.50. The lowest BCUT2D eigenvalue weighted by Gasteiger charge is -2.44. The maximum absolute atomic E-state index is 10.1. The molecule has 0 spiro atoms. The normalized spacial score (nSPS) is 37.2. The van der Waals surface area contributed by atoms with Crippen molar-refractivity contribution in [3.8, 4) is 0 Å². The van der Waals surface area contributed by atoms with E-state index in [9.17, 15) is 10.2 Å². The number of aliphatic hydroxyl groups excluding tert-OH is 1. The molecule has 0 amide bonds. The van der Waals surface area contributed by atoms with E-state index in [1.807, 2.05) is 13.8 Å². The third kappa shape index (κ3) is 5.44. The Labute approximate surface area is 179 Å². The summed E-state index contributed by atoms with van der Waals surface area (Å²) in [6.45, 7) is 12.9. The van der Waals surface area contributed by atoms with Crippen molar-refractivity contribution in [2.24, 2.45) is 23.2 Å². The van der Waals surface area contributed by atoms with Gasteiger partial charge in [0.15, 0.2) is 0 Å². The minimum atomic E-state index is -0.533. The zero-order chi connectivity index (χ0) is 21.2. The van der Waals surface area contributed by atoms with Crippen LogP contribution in [0.1, 0.15) is 98.3 Å². The lowest BCUT2D eigenvalue weighted by atomic mass is 9.60. The molecule has 3 aliphatic rings. The van der Waals surface area contributed by atoms with Crippen LogP contribution in [0.2, 0.25) is 0 Å². The molecule has 0 aliphatic heterocycles.